The number of halogens is 2. The van der Waals surface area contributed by atoms with Crippen molar-refractivity contribution in [1.82, 2.24) is 18.7 Å². The van der Waals surface area contributed by atoms with Gasteiger partial charge in [-0.25, -0.2) is 4.79 Å². The fourth-order valence-electron chi connectivity index (χ4n) is 3.92. The highest BCUT2D eigenvalue weighted by atomic mass is 35.5. The number of anilines is 1. The summed E-state index contributed by atoms with van der Waals surface area (Å²) in [7, 11) is 3.13. The Bertz CT molecular complexity index is 1190. The minimum Gasteiger partial charge on any atom is -0.342 e. The van der Waals surface area contributed by atoms with Gasteiger partial charge in [-0.15, -0.1) is 0 Å². The van der Waals surface area contributed by atoms with Crippen LogP contribution in [0.25, 0.3) is 11.2 Å². The molecule has 0 radical (unpaired) electrons. The summed E-state index contributed by atoms with van der Waals surface area (Å²) >= 11 is 12.5. The van der Waals surface area contributed by atoms with Crippen LogP contribution in [-0.4, -0.2) is 31.8 Å². The second kappa shape index (κ2) is 7.88. The van der Waals surface area contributed by atoms with Gasteiger partial charge >= 0.3 is 5.69 Å². The minimum atomic E-state index is -0.390. The largest absolute Gasteiger partial charge is 0.342 e. The number of imidazole rings is 1. The van der Waals surface area contributed by atoms with Gasteiger partial charge in [0.05, 0.1) is 6.54 Å². The molecule has 1 saturated heterocycles. The maximum atomic E-state index is 13.0. The lowest BCUT2D eigenvalue weighted by atomic mass is 10.2. The van der Waals surface area contributed by atoms with Gasteiger partial charge in [0.1, 0.15) is 0 Å². The summed E-state index contributed by atoms with van der Waals surface area (Å²) in [6.07, 6.45) is 4.50. The lowest BCUT2D eigenvalue weighted by molar-refractivity contribution is 0.698. The van der Waals surface area contributed by atoms with E-state index in [1.54, 1.807) is 19.2 Å². The highest BCUT2D eigenvalue weighted by Gasteiger charge is 2.24. The number of nitrogens with zero attached hydrogens (tertiary/aromatic N) is 5. The summed E-state index contributed by atoms with van der Waals surface area (Å²) in [6, 6.07) is 5.33. The molecule has 1 aliphatic heterocycles. The van der Waals surface area contributed by atoms with E-state index >= 15 is 0 Å². The Kier molecular flexibility index (Phi) is 5.44. The van der Waals surface area contributed by atoms with Crippen molar-refractivity contribution in [2.45, 2.75) is 32.2 Å². The zero-order chi connectivity index (χ0) is 20.7. The van der Waals surface area contributed by atoms with Crippen molar-refractivity contribution < 1.29 is 0 Å². The highest BCUT2D eigenvalue weighted by molar-refractivity contribution is 6.35. The van der Waals surface area contributed by atoms with Crippen LogP contribution in [0.5, 0.6) is 0 Å². The molecule has 9 heteroatoms. The van der Waals surface area contributed by atoms with Gasteiger partial charge in [-0.2, -0.15) is 4.98 Å². The molecule has 0 spiro atoms. The fourth-order valence-corrected chi connectivity index (χ4v) is 4.39. The SMILES string of the molecule is Cn1c(=O)c2c(nc(N3CCCCCC3)n2Cc2ccc(Cl)cc2Cl)n(C)c1=O. The Morgan fingerprint density at radius 1 is 1.00 bits per heavy atom. The number of hydrogen-bond acceptors (Lipinski definition) is 4. The molecule has 1 fully saturated rings. The Morgan fingerprint density at radius 2 is 1.69 bits per heavy atom. The average molecular weight is 436 g/mol. The Morgan fingerprint density at radius 3 is 2.34 bits per heavy atom. The molecule has 3 heterocycles. The second-order valence-electron chi connectivity index (χ2n) is 7.51. The van der Waals surface area contributed by atoms with Gasteiger partial charge < -0.3 is 4.90 Å². The van der Waals surface area contributed by atoms with Crippen molar-refractivity contribution >= 4 is 40.3 Å². The van der Waals surface area contributed by atoms with Crippen LogP contribution in [0, 0.1) is 0 Å². The first-order valence-corrected chi connectivity index (χ1v) is 10.5. The van der Waals surface area contributed by atoms with E-state index < -0.39 is 0 Å². The molecule has 0 aliphatic carbocycles. The van der Waals surface area contributed by atoms with Gasteiger partial charge in [0.25, 0.3) is 5.56 Å². The van der Waals surface area contributed by atoms with Crippen molar-refractivity contribution in [2.75, 3.05) is 18.0 Å². The summed E-state index contributed by atoms with van der Waals surface area (Å²) in [6.45, 7) is 2.10. The van der Waals surface area contributed by atoms with E-state index in [-0.39, 0.29) is 11.2 Å². The second-order valence-corrected chi connectivity index (χ2v) is 8.36. The predicted octanol–water partition coefficient (Wildman–Crippen LogP) is 3.17. The van der Waals surface area contributed by atoms with Crippen LogP contribution >= 0.6 is 23.2 Å². The van der Waals surface area contributed by atoms with E-state index in [0.717, 1.165) is 36.1 Å². The van der Waals surface area contributed by atoms with E-state index in [4.69, 9.17) is 28.2 Å². The molecule has 0 atom stereocenters. The number of benzene rings is 1. The number of rotatable bonds is 3. The topological polar surface area (TPSA) is 65.1 Å². The lowest BCUT2D eigenvalue weighted by Gasteiger charge is -2.23. The van der Waals surface area contributed by atoms with Crippen molar-refractivity contribution in [3.63, 3.8) is 0 Å². The molecular formula is C20H23Cl2N5O2. The summed E-state index contributed by atoms with van der Waals surface area (Å²) in [5.74, 6) is 0.700. The Labute approximate surface area is 178 Å². The average Bonchev–Trinajstić information content (AvgIpc) is 2.87. The van der Waals surface area contributed by atoms with Crippen LogP contribution in [0.4, 0.5) is 5.95 Å². The van der Waals surface area contributed by atoms with E-state index in [9.17, 15) is 9.59 Å². The number of fused-ring (bicyclic) bond motifs is 1. The highest BCUT2D eigenvalue weighted by Crippen LogP contribution is 2.27. The van der Waals surface area contributed by atoms with Gasteiger partial charge in [-0.05, 0) is 30.5 Å². The Balaban J connectivity index is 1.96. The summed E-state index contributed by atoms with van der Waals surface area (Å²) < 4.78 is 4.44. The molecule has 0 unspecified atom stereocenters. The fraction of sp³-hybridized carbons (Fsp3) is 0.450. The first-order chi connectivity index (χ1) is 13.9. The zero-order valence-corrected chi connectivity index (χ0v) is 18.0. The molecule has 3 aromatic rings. The van der Waals surface area contributed by atoms with Crippen LogP contribution in [0.3, 0.4) is 0 Å². The van der Waals surface area contributed by atoms with Gasteiger partial charge in [0.2, 0.25) is 5.95 Å². The predicted molar refractivity (Wildman–Crippen MR) is 116 cm³/mol. The monoisotopic (exact) mass is 435 g/mol. The van der Waals surface area contributed by atoms with E-state index in [1.165, 1.54) is 24.5 Å². The van der Waals surface area contributed by atoms with Crippen molar-refractivity contribution in [3.05, 3.63) is 54.6 Å². The number of aromatic nitrogens is 4. The van der Waals surface area contributed by atoms with Crippen LogP contribution in [0.2, 0.25) is 10.0 Å². The summed E-state index contributed by atoms with van der Waals surface area (Å²) in [5.41, 5.74) is 0.880. The summed E-state index contributed by atoms with van der Waals surface area (Å²) in [4.78, 5) is 32.4. The first kappa shape index (κ1) is 20.0. The van der Waals surface area contributed by atoms with Gasteiger partial charge in [-0.1, -0.05) is 42.1 Å². The molecule has 1 aromatic carbocycles. The molecule has 0 N–H and O–H groups in total. The minimum absolute atomic E-state index is 0.359. The molecule has 0 saturated carbocycles. The van der Waals surface area contributed by atoms with Crippen LogP contribution < -0.4 is 16.1 Å². The molecule has 2 aromatic heterocycles. The molecule has 29 heavy (non-hydrogen) atoms. The maximum absolute atomic E-state index is 13.0. The van der Waals surface area contributed by atoms with Crippen LogP contribution in [0.1, 0.15) is 31.2 Å². The summed E-state index contributed by atoms with van der Waals surface area (Å²) in [5, 5.41) is 1.09. The molecular weight excluding hydrogens is 413 g/mol. The lowest BCUT2D eigenvalue weighted by Crippen LogP contribution is -2.37. The van der Waals surface area contributed by atoms with E-state index in [1.807, 2.05) is 10.6 Å². The van der Waals surface area contributed by atoms with E-state index in [0.29, 0.717) is 33.7 Å². The van der Waals surface area contributed by atoms with Gasteiger partial charge in [0, 0.05) is 37.2 Å². The zero-order valence-electron chi connectivity index (χ0n) is 16.5. The standard InChI is InChI=1S/C20H23Cl2N5O2/c1-24-17-16(18(28)25(2)20(24)29)27(12-13-7-8-14(21)11-15(13)22)19(23-17)26-9-5-3-4-6-10-26/h7-8,11H,3-6,9-10,12H2,1-2H3. The van der Waals surface area contributed by atoms with Crippen molar-refractivity contribution in [3.8, 4) is 0 Å². The third kappa shape index (κ3) is 3.57. The number of hydrogen-bond donors (Lipinski definition) is 0. The van der Waals surface area contributed by atoms with Crippen LogP contribution in [-0.2, 0) is 20.6 Å². The van der Waals surface area contributed by atoms with Crippen molar-refractivity contribution in [1.29, 1.82) is 0 Å². The molecule has 1 aliphatic rings. The normalized spacial score (nSPS) is 15.1. The smallest absolute Gasteiger partial charge is 0.332 e. The van der Waals surface area contributed by atoms with Gasteiger partial charge in [0.15, 0.2) is 11.2 Å². The molecule has 0 amide bonds. The third-order valence-electron chi connectivity index (χ3n) is 5.56. The third-order valence-corrected chi connectivity index (χ3v) is 6.15. The molecule has 7 nitrogen and oxygen atoms in total. The first-order valence-electron chi connectivity index (χ1n) is 9.73. The van der Waals surface area contributed by atoms with E-state index in [2.05, 4.69) is 4.90 Å². The quantitative estimate of drug-likeness (QED) is 0.633. The number of aryl methyl sites for hydroxylation is 1. The van der Waals surface area contributed by atoms with Gasteiger partial charge in [-0.3, -0.25) is 18.5 Å². The maximum Gasteiger partial charge on any atom is 0.332 e. The van der Waals surface area contributed by atoms with Crippen LogP contribution in [0.15, 0.2) is 27.8 Å². The van der Waals surface area contributed by atoms with Crippen molar-refractivity contribution in [2.24, 2.45) is 14.1 Å². The molecule has 4 rings (SSSR count). The molecule has 0 bridgehead atoms. The molecule has 154 valence electrons. The Hall–Kier alpha value is -2.25.